The van der Waals surface area contributed by atoms with Gasteiger partial charge in [-0.25, -0.2) is 0 Å². The SMILES string of the molecule is O=C(Nc1cccnc1)c1cccc(-c2ccc(OC(F)(F)F)cc2)c1. The first-order chi connectivity index (χ1) is 12.4. The number of alkyl halides is 3. The molecule has 1 aromatic heterocycles. The number of pyridine rings is 1. The van der Waals surface area contributed by atoms with Gasteiger partial charge in [0.05, 0.1) is 11.9 Å². The van der Waals surface area contributed by atoms with E-state index in [9.17, 15) is 18.0 Å². The van der Waals surface area contributed by atoms with E-state index in [0.717, 1.165) is 0 Å². The summed E-state index contributed by atoms with van der Waals surface area (Å²) in [6.45, 7) is 0. The molecule has 0 radical (unpaired) electrons. The predicted molar refractivity (Wildman–Crippen MR) is 90.8 cm³/mol. The summed E-state index contributed by atoms with van der Waals surface area (Å²) in [6, 6.07) is 15.6. The lowest BCUT2D eigenvalue weighted by Crippen LogP contribution is -2.16. The molecule has 0 fully saturated rings. The van der Waals surface area contributed by atoms with E-state index in [0.29, 0.717) is 22.4 Å². The van der Waals surface area contributed by atoms with Crippen LogP contribution in [0.5, 0.6) is 5.75 Å². The van der Waals surface area contributed by atoms with Crippen LogP contribution in [-0.4, -0.2) is 17.3 Å². The van der Waals surface area contributed by atoms with Crippen molar-refractivity contribution in [3.63, 3.8) is 0 Å². The summed E-state index contributed by atoms with van der Waals surface area (Å²) in [5.41, 5.74) is 2.34. The minimum absolute atomic E-state index is 0.299. The molecular formula is C19H13F3N2O2. The van der Waals surface area contributed by atoms with Crippen LogP contribution in [0, 0.1) is 0 Å². The lowest BCUT2D eigenvalue weighted by molar-refractivity contribution is -0.274. The second kappa shape index (κ2) is 7.26. The Labute approximate surface area is 147 Å². The van der Waals surface area contributed by atoms with Crippen molar-refractivity contribution in [2.24, 2.45) is 0 Å². The molecule has 132 valence electrons. The van der Waals surface area contributed by atoms with Crippen LogP contribution in [0.4, 0.5) is 18.9 Å². The summed E-state index contributed by atoms with van der Waals surface area (Å²) < 4.78 is 40.5. The summed E-state index contributed by atoms with van der Waals surface area (Å²) in [4.78, 5) is 16.2. The fourth-order valence-corrected chi connectivity index (χ4v) is 2.33. The number of halogens is 3. The summed E-state index contributed by atoms with van der Waals surface area (Å²) in [5.74, 6) is -0.608. The highest BCUT2D eigenvalue weighted by Gasteiger charge is 2.30. The number of aromatic nitrogens is 1. The molecule has 0 aliphatic heterocycles. The molecule has 0 unspecified atom stereocenters. The van der Waals surface area contributed by atoms with E-state index in [1.807, 2.05) is 0 Å². The molecule has 4 nitrogen and oxygen atoms in total. The summed E-state index contributed by atoms with van der Waals surface area (Å²) in [6.07, 6.45) is -1.60. The number of carbonyl (C=O) groups excluding carboxylic acids is 1. The Kier molecular flexibility index (Phi) is 4.88. The molecule has 3 rings (SSSR count). The standard InChI is InChI=1S/C19H13F3N2O2/c20-19(21,22)26-17-8-6-13(7-9-17)14-3-1-4-15(11-14)18(25)24-16-5-2-10-23-12-16/h1-12H,(H,24,25). The number of nitrogens with zero attached hydrogens (tertiary/aromatic N) is 1. The Morgan fingerprint density at radius 3 is 2.38 bits per heavy atom. The Hall–Kier alpha value is -3.35. The van der Waals surface area contributed by atoms with Crippen molar-refractivity contribution in [1.82, 2.24) is 4.98 Å². The summed E-state index contributed by atoms with van der Waals surface area (Å²) >= 11 is 0. The van der Waals surface area contributed by atoms with E-state index >= 15 is 0 Å². The molecule has 0 aliphatic carbocycles. The van der Waals surface area contributed by atoms with Gasteiger partial charge in [-0.2, -0.15) is 0 Å². The van der Waals surface area contributed by atoms with E-state index in [1.54, 1.807) is 42.6 Å². The number of ether oxygens (including phenoxy) is 1. The lowest BCUT2D eigenvalue weighted by atomic mass is 10.0. The second-order valence-corrected chi connectivity index (χ2v) is 5.35. The molecule has 7 heteroatoms. The smallest absolute Gasteiger partial charge is 0.406 e. The highest BCUT2D eigenvalue weighted by atomic mass is 19.4. The van der Waals surface area contributed by atoms with Crippen LogP contribution in [-0.2, 0) is 0 Å². The molecular weight excluding hydrogens is 345 g/mol. The first kappa shape index (κ1) is 17.5. The van der Waals surface area contributed by atoms with Gasteiger partial charge in [-0.3, -0.25) is 9.78 Å². The van der Waals surface area contributed by atoms with Crippen molar-refractivity contribution in [2.75, 3.05) is 5.32 Å². The first-order valence-corrected chi connectivity index (χ1v) is 7.58. The number of hydrogen-bond donors (Lipinski definition) is 1. The van der Waals surface area contributed by atoms with Crippen LogP contribution in [0.1, 0.15) is 10.4 Å². The number of nitrogens with one attached hydrogen (secondary N) is 1. The van der Waals surface area contributed by atoms with E-state index < -0.39 is 6.36 Å². The molecule has 0 bridgehead atoms. The van der Waals surface area contributed by atoms with Crippen molar-refractivity contribution in [3.8, 4) is 16.9 Å². The van der Waals surface area contributed by atoms with Gasteiger partial charge in [0.1, 0.15) is 5.75 Å². The maximum absolute atomic E-state index is 12.3. The first-order valence-electron chi connectivity index (χ1n) is 7.58. The van der Waals surface area contributed by atoms with Gasteiger partial charge in [0, 0.05) is 11.8 Å². The second-order valence-electron chi connectivity index (χ2n) is 5.35. The normalized spacial score (nSPS) is 11.0. The molecule has 3 aromatic rings. The zero-order valence-corrected chi connectivity index (χ0v) is 13.3. The Morgan fingerprint density at radius 1 is 0.962 bits per heavy atom. The number of hydrogen-bond acceptors (Lipinski definition) is 3. The van der Waals surface area contributed by atoms with Crippen molar-refractivity contribution in [2.45, 2.75) is 6.36 Å². The highest BCUT2D eigenvalue weighted by Crippen LogP contribution is 2.27. The Balaban J connectivity index is 1.77. The molecule has 26 heavy (non-hydrogen) atoms. The van der Waals surface area contributed by atoms with Crippen molar-refractivity contribution < 1.29 is 22.7 Å². The van der Waals surface area contributed by atoms with Crippen LogP contribution in [0.25, 0.3) is 11.1 Å². The molecule has 0 saturated carbocycles. The molecule has 1 amide bonds. The van der Waals surface area contributed by atoms with Gasteiger partial charge < -0.3 is 10.1 Å². The van der Waals surface area contributed by atoms with Crippen LogP contribution < -0.4 is 10.1 Å². The molecule has 1 N–H and O–H groups in total. The maximum Gasteiger partial charge on any atom is 0.573 e. The van der Waals surface area contributed by atoms with E-state index in [2.05, 4.69) is 15.0 Å². The van der Waals surface area contributed by atoms with Crippen LogP contribution in [0.2, 0.25) is 0 Å². The number of carbonyl (C=O) groups is 1. The van der Waals surface area contributed by atoms with Gasteiger partial charge in [-0.1, -0.05) is 24.3 Å². The van der Waals surface area contributed by atoms with Gasteiger partial charge >= 0.3 is 6.36 Å². The fraction of sp³-hybridized carbons (Fsp3) is 0.0526. The summed E-state index contributed by atoms with van der Waals surface area (Å²) in [5, 5.41) is 2.73. The third kappa shape index (κ3) is 4.60. The van der Waals surface area contributed by atoms with Crippen LogP contribution in [0.15, 0.2) is 73.1 Å². The number of anilines is 1. The zero-order valence-electron chi connectivity index (χ0n) is 13.3. The van der Waals surface area contributed by atoms with Crippen LogP contribution in [0.3, 0.4) is 0 Å². The largest absolute Gasteiger partial charge is 0.573 e. The van der Waals surface area contributed by atoms with E-state index in [-0.39, 0.29) is 11.7 Å². The van der Waals surface area contributed by atoms with Gasteiger partial charge in [-0.15, -0.1) is 13.2 Å². The van der Waals surface area contributed by atoms with Crippen molar-refractivity contribution >= 4 is 11.6 Å². The van der Waals surface area contributed by atoms with Gasteiger partial charge in [0.2, 0.25) is 0 Å². The van der Waals surface area contributed by atoms with E-state index in [1.165, 1.54) is 30.5 Å². The molecule has 0 atom stereocenters. The number of rotatable bonds is 4. The average molecular weight is 358 g/mol. The monoisotopic (exact) mass is 358 g/mol. The van der Waals surface area contributed by atoms with Crippen molar-refractivity contribution in [3.05, 3.63) is 78.6 Å². The molecule has 0 spiro atoms. The lowest BCUT2D eigenvalue weighted by Gasteiger charge is -2.10. The van der Waals surface area contributed by atoms with E-state index in [4.69, 9.17) is 0 Å². The summed E-state index contributed by atoms with van der Waals surface area (Å²) in [7, 11) is 0. The zero-order chi connectivity index (χ0) is 18.6. The van der Waals surface area contributed by atoms with Crippen molar-refractivity contribution in [1.29, 1.82) is 0 Å². The minimum atomic E-state index is -4.73. The maximum atomic E-state index is 12.3. The Morgan fingerprint density at radius 2 is 1.73 bits per heavy atom. The van der Waals surface area contributed by atoms with Crippen LogP contribution >= 0.6 is 0 Å². The number of benzene rings is 2. The molecule has 2 aromatic carbocycles. The van der Waals surface area contributed by atoms with Gasteiger partial charge in [0.25, 0.3) is 5.91 Å². The molecule has 1 heterocycles. The quantitative estimate of drug-likeness (QED) is 0.722. The minimum Gasteiger partial charge on any atom is -0.406 e. The van der Waals surface area contributed by atoms with Gasteiger partial charge in [-0.05, 0) is 47.5 Å². The highest BCUT2D eigenvalue weighted by molar-refractivity contribution is 6.04. The topological polar surface area (TPSA) is 51.2 Å². The average Bonchev–Trinajstić information content (AvgIpc) is 2.62. The van der Waals surface area contributed by atoms with Gasteiger partial charge in [0.15, 0.2) is 0 Å². The fourth-order valence-electron chi connectivity index (χ4n) is 2.33. The Bertz CT molecular complexity index is 895. The molecule has 0 aliphatic rings. The number of amides is 1. The molecule has 0 saturated heterocycles. The predicted octanol–water partition coefficient (Wildman–Crippen LogP) is 4.90. The third-order valence-electron chi connectivity index (χ3n) is 3.47. The third-order valence-corrected chi connectivity index (χ3v) is 3.47.